The predicted molar refractivity (Wildman–Crippen MR) is 53.0 cm³/mol. The standard InChI is InChI=1S/C9H10N2O2S/c10-6-4-8(12)11(5-6)9(13)7-2-1-3-14-7/h1-3,6H,4-5,10H2. The molecule has 0 radical (unpaired) electrons. The molecular formula is C9H10N2O2S. The Hall–Kier alpha value is -1.20. The van der Waals surface area contributed by atoms with E-state index in [1.54, 1.807) is 12.1 Å². The summed E-state index contributed by atoms with van der Waals surface area (Å²) in [5.41, 5.74) is 5.60. The fraction of sp³-hybridized carbons (Fsp3) is 0.333. The van der Waals surface area contributed by atoms with Gasteiger partial charge >= 0.3 is 0 Å². The molecular weight excluding hydrogens is 200 g/mol. The first-order valence-corrected chi connectivity index (χ1v) is 5.20. The third-order valence-electron chi connectivity index (χ3n) is 2.13. The first-order valence-electron chi connectivity index (χ1n) is 4.32. The van der Waals surface area contributed by atoms with Gasteiger partial charge in [0.1, 0.15) is 0 Å². The molecule has 1 saturated heterocycles. The van der Waals surface area contributed by atoms with Gasteiger partial charge in [-0.15, -0.1) is 11.3 Å². The number of carbonyl (C=O) groups is 2. The molecule has 1 fully saturated rings. The second-order valence-corrected chi connectivity index (χ2v) is 4.20. The molecule has 74 valence electrons. The van der Waals surface area contributed by atoms with Crippen molar-refractivity contribution in [3.8, 4) is 0 Å². The number of nitrogens with zero attached hydrogens (tertiary/aromatic N) is 1. The van der Waals surface area contributed by atoms with Crippen molar-refractivity contribution >= 4 is 23.2 Å². The number of nitrogens with two attached hydrogens (primary N) is 1. The van der Waals surface area contributed by atoms with Crippen LogP contribution in [0.25, 0.3) is 0 Å². The fourth-order valence-electron chi connectivity index (χ4n) is 1.46. The minimum atomic E-state index is -0.224. The van der Waals surface area contributed by atoms with E-state index in [1.165, 1.54) is 16.2 Å². The molecule has 1 aromatic heterocycles. The largest absolute Gasteiger partial charge is 0.326 e. The average molecular weight is 210 g/mol. The van der Waals surface area contributed by atoms with Gasteiger partial charge in [-0.05, 0) is 11.4 Å². The summed E-state index contributed by atoms with van der Waals surface area (Å²) in [4.78, 5) is 24.9. The lowest BCUT2D eigenvalue weighted by atomic mass is 10.3. The summed E-state index contributed by atoms with van der Waals surface area (Å²) in [6.07, 6.45) is 0.275. The molecule has 4 nitrogen and oxygen atoms in total. The van der Waals surface area contributed by atoms with E-state index >= 15 is 0 Å². The van der Waals surface area contributed by atoms with Crippen molar-refractivity contribution in [1.29, 1.82) is 0 Å². The number of thiophene rings is 1. The van der Waals surface area contributed by atoms with E-state index < -0.39 is 0 Å². The molecule has 1 unspecified atom stereocenters. The van der Waals surface area contributed by atoms with E-state index in [0.29, 0.717) is 11.4 Å². The van der Waals surface area contributed by atoms with Gasteiger partial charge in [0, 0.05) is 19.0 Å². The molecule has 0 aliphatic carbocycles. The van der Waals surface area contributed by atoms with Crippen LogP contribution in [0, 0.1) is 0 Å². The maximum atomic E-state index is 11.7. The van der Waals surface area contributed by atoms with Gasteiger partial charge in [-0.25, -0.2) is 0 Å². The molecule has 0 aromatic carbocycles. The predicted octanol–water partition coefficient (Wildman–Crippen LogP) is 0.448. The Morgan fingerprint density at radius 1 is 1.64 bits per heavy atom. The number of hydrogen-bond acceptors (Lipinski definition) is 4. The lowest BCUT2D eigenvalue weighted by molar-refractivity contribution is -0.125. The van der Waals surface area contributed by atoms with E-state index in [-0.39, 0.29) is 24.3 Å². The minimum absolute atomic E-state index is 0.170. The lowest BCUT2D eigenvalue weighted by Gasteiger charge is -2.11. The monoisotopic (exact) mass is 210 g/mol. The third kappa shape index (κ3) is 1.56. The zero-order valence-corrected chi connectivity index (χ0v) is 8.29. The smallest absolute Gasteiger partial charge is 0.270 e. The van der Waals surface area contributed by atoms with Crippen molar-refractivity contribution in [2.45, 2.75) is 12.5 Å². The van der Waals surface area contributed by atoms with Crippen LogP contribution < -0.4 is 5.73 Å². The second-order valence-electron chi connectivity index (χ2n) is 3.25. The van der Waals surface area contributed by atoms with Gasteiger partial charge in [-0.3, -0.25) is 14.5 Å². The molecule has 0 bridgehead atoms. The summed E-state index contributed by atoms with van der Waals surface area (Å²) in [7, 11) is 0. The molecule has 14 heavy (non-hydrogen) atoms. The van der Waals surface area contributed by atoms with Crippen LogP contribution in [0.1, 0.15) is 16.1 Å². The van der Waals surface area contributed by atoms with Crippen LogP contribution in [0.3, 0.4) is 0 Å². The normalized spacial score (nSPS) is 21.6. The Morgan fingerprint density at radius 2 is 2.43 bits per heavy atom. The summed E-state index contributed by atoms with van der Waals surface area (Å²) in [5, 5.41) is 1.81. The molecule has 0 spiro atoms. The molecule has 1 aromatic rings. The van der Waals surface area contributed by atoms with Crippen molar-refractivity contribution in [3.05, 3.63) is 22.4 Å². The first kappa shape index (κ1) is 9.36. The van der Waals surface area contributed by atoms with Crippen LogP contribution in [0.4, 0.5) is 0 Å². The highest BCUT2D eigenvalue weighted by Crippen LogP contribution is 2.17. The van der Waals surface area contributed by atoms with Crippen molar-refractivity contribution in [2.24, 2.45) is 5.73 Å². The van der Waals surface area contributed by atoms with E-state index in [1.807, 2.05) is 5.38 Å². The molecule has 2 amide bonds. The molecule has 2 rings (SSSR count). The van der Waals surface area contributed by atoms with Gasteiger partial charge in [0.25, 0.3) is 5.91 Å². The van der Waals surface area contributed by atoms with Crippen LogP contribution in [0.15, 0.2) is 17.5 Å². The second kappa shape index (κ2) is 3.51. The van der Waals surface area contributed by atoms with E-state index in [2.05, 4.69) is 0 Å². The van der Waals surface area contributed by atoms with Crippen LogP contribution >= 0.6 is 11.3 Å². The molecule has 1 aliphatic rings. The van der Waals surface area contributed by atoms with Gasteiger partial charge in [-0.1, -0.05) is 6.07 Å². The van der Waals surface area contributed by atoms with Gasteiger partial charge < -0.3 is 5.73 Å². The van der Waals surface area contributed by atoms with Gasteiger partial charge in [-0.2, -0.15) is 0 Å². The van der Waals surface area contributed by atoms with Crippen molar-refractivity contribution in [2.75, 3.05) is 6.54 Å². The molecule has 5 heteroatoms. The number of hydrogen-bond donors (Lipinski definition) is 1. The Morgan fingerprint density at radius 3 is 2.93 bits per heavy atom. The topological polar surface area (TPSA) is 63.4 Å². The summed E-state index contributed by atoms with van der Waals surface area (Å²) >= 11 is 1.34. The first-order chi connectivity index (χ1) is 6.68. The maximum absolute atomic E-state index is 11.7. The molecule has 2 N–H and O–H groups in total. The molecule has 0 saturated carbocycles. The van der Waals surface area contributed by atoms with Gasteiger partial charge in [0.15, 0.2) is 0 Å². The van der Waals surface area contributed by atoms with E-state index in [0.717, 1.165) is 0 Å². The highest BCUT2D eigenvalue weighted by molar-refractivity contribution is 7.12. The van der Waals surface area contributed by atoms with Crippen LogP contribution in [0.5, 0.6) is 0 Å². The summed E-state index contributed by atoms with van der Waals surface area (Å²) < 4.78 is 0. The number of imide groups is 1. The van der Waals surface area contributed by atoms with Crippen molar-refractivity contribution < 1.29 is 9.59 Å². The SMILES string of the molecule is NC1CC(=O)N(C(=O)c2cccs2)C1. The van der Waals surface area contributed by atoms with E-state index in [4.69, 9.17) is 5.73 Å². The van der Waals surface area contributed by atoms with E-state index in [9.17, 15) is 9.59 Å². The maximum Gasteiger partial charge on any atom is 0.270 e. The lowest BCUT2D eigenvalue weighted by Crippen LogP contribution is -2.33. The number of amides is 2. The quantitative estimate of drug-likeness (QED) is 0.684. The van der Waals surface area contributed by atoms with Crippen LogP contribution in [-0.2, 0) is 4.79 Å². The molecule has 1 atom stereocenters. The Kier molecular flexibility index (Phi) is 2.35. The highest BCUT2D eigenvalue weighted by atomic mass is 32.1. The van der Waals surface area contributed by atoms with Crippen molar-refractivity contribution in [1.82, 2.24) is 4.90 Å². The summed E-state index contributed by atoms with van der Waals surface area (Å²) in [5.74, 6) is -0.395. The average Bonchev–Trinajstić information content (AvgIpc) is 2.73. The third-order valence-corrected chi connectivity index (χ3v) is 2.99. The summed E-state index contributed by atoms with van der Waals surface area (Å²) in [6, 6.07) is 3.30. The van der Waals surface area contributed by atoms with Crippen LogP contribution in [-0.4, -0.2) is 29.3 Å². The number of rotatable bonds is 1. The van der Waals surface area contributed by atoms with Gasteiger partial charge in [0.2, 0.25) is 5.91 Å². The molecule has 2 heterocycles. The highest BCUT2D eigenvalue weighted by Gasteiger charge is 2.32. The van der Waals surface area contributed by atoms with Crippen LogP contribution in [0.2, 0.25) is 0 Å². The Bertz CT molecular complexity index is 361. The molecule has 1 aliphatic heterocycles. The fourth-order valence-corrected chi connectivity index (χ4v) is 2.14. The zero-order valence-electron chi connectivity index (χ0n) is 7.47. The van der Waals surface area contributed by atoms with Gasteiger partial charge in [0.05, 0.1) is 4.88 Å². The Labute approximate surface area is 85.3 Å². The Balaban J connectivity index is 2.17. The summed E-state index contributed by atoms with van der Waals surface area (Å²) in [6.45, 7) is 0.343. The zero-order chi connectivity index (χ0) is 10.1. The number of carbonyl (C=O) groups excluding carboxylic acids is 2. The number of likely N-dealkylation sites (tertiary alicyclic amines) is 1. The minimum Gasteiger partial charge on any atom is -0.326 e. The van der Waals surface area contributed by atoms with Crippen molar-refractivity contribution in [3.63, 3.8) is 0 Å².